The number of primary amides is 1. The molecule has 124 valence electrons. The number of carbonyl (C=O) groups excluding carboxylic acids is 2. The Morgan fingerprint density at radius 1 is 1.26 bits per heavy atom. The maximum atomic E-state index is 13.0. The van der Waals surface area contributed by atoms with E-state index in [9.17, 15) is 9.59 Å². The highest BCUT2D eigenvalue weighted by Gasteiger charge is 2.32. The number of carbonyl (C=O) groups is 2. The fourth-order valence-corrected chi connectivity index (χ4v) is 3.53. The van der Waals surface area contributed by atoms with Crippen molar-refractivity contribution in [3.05, 3.63) is 23.8 Å². The van der Waals surface area contributed by atoms with Crippen molar-refractivity contribution in [3.8, 4) is 5.75 Å². The SMILES string of the molecule is COc1ccc2c(c1)CCCN2C(=O)[C@@H]1CCCN(C(N)=O)C1. The molecule has 1 saturated heterocycles. The van der Waals surface area contributed by atoms with Crippen LogP contribution in [0.15, 0.2) is 18.2 Å². The summed E-state index contributed by atoms with van der Waals surface area (Å²) >= 11 is 0. The van der Waals surface area contributed by atoms with Gasteiger partial charge < -0.3 is 20.3 Å². The van der Waals surface area contributed by atoms with Crippen molar-refractivity contribution in [2.75, 3.05) is 31.6 Å². The molecule has 6 heteroatoms. The highest BCUT2D eigenvalue weighted by molar-refractivity contribution is 5.96. The first-order chi connectivity index (χ1) is 11.1. The lowest BCUT2D eigenvalue weighted by molar-refractivity contribution is -0.123. The minimum atomic E-state index is -0.439. The number of methoxy groups -OCH3 is 1. The Bertz CT molecular complexity index is 617. The number of benzene rings is 1. The van der Waals surface area contributed by atoms with E-state index in [1.165, 1.54) is 0 Å². The van der Waals surface area contributed by atoms with Crippen molar-refractivity contribution in [2.24, 2.45) is 11.7 Å². The van der Waals surface area contributed by atoms with Crippen molar-refractivity contribution < 1.29 is 14.3 Å². The Morgan fingerprint density at radius 3 is 2.83 bits per heavy atom. The van der Waals surface area contributed by atoms with Gasteiger partial charge in [0.1, 0.15) is 5.75 Å². The summed E-state index contributed by atoms with van der Waals surface area (Å²) in [6.07, 6.45) is 3.53. The zero-order chi connectivity index (χ0) is 16.4. The molecule has 1 atom stereocenters. The number of anilines is 1. The Labute approximate surface area is 136 Å². The van der Waals surface area contributed by atoms with Gasteiger partial charge in [0.25, 0.3) is 0 Å². The summed E-state index contributed by atoms with van der Waals surface area (Å²) in [5.41, 5.74) is 7.48. The number of fused-ring (bicyclic) bond motifs is 1. The monoisotopic (exact) mass is 317 g/mol. The molecule has 0 spiro atoms. The molecule has 0 unspecified atom stereocenters. The van der Waals surface area contributed by atoms with E-state index in [1.807, 2.05) is 23.1 Å². The first-order valence-corrected chi connectivity index (χ1v) is 8.13. The number of likely N-dealkylation sites (tertiary alicyclic amines) is 1. The first kappa shape index (κ1) is 15.6. The van der Waals surface area contributed by atoms with E-state index in [0.29, 0.717) is 13.1 Å². The van der Waals surface area contributed by atoms with Crippen LogP contribution >= 0.6 is 0 Å². The number of nitrogens with zero attached hydrogens (tertiary/aromatic N) is 2. The van der Waals surface area contributed by atoms with Crippen molar-refractivity contribution in [1.29, 1.82) is 0 Å². The molecule has 1 aromatic carbocycles. The third-order valence-corrected chi connectivity index (χ3v) is 4.75. The average Bonchev–Trinajstić information content (AvgIpc) is 2.60. The van der Waals surface area contributed by atoms with E-state index in [4.69, 9.17) is 10.5 Å². The van der Waals surface area contributed by atoms with Crippen molar-refractivity contribution >= 4 is 17.6 Å². The number of urea groups is 1. The maximum Gasteiger partial charge on any atom is 0.314 e. The van der Waals surface area contributed by atoms with E-state index >= 15 is 0 Å². The molecule has 0 aliphatic carbocycles. The predicted octanol–water partition coefficient (Wildman–Crippen LogP) is 1.77. The lowest BCUT2D eigenvalue weighted by Crippen LogP contribution is -2.49. The van der Waals surface area contributed by atoms with E-state index in [0.717, 1.165) is 49.2 Å². The number of piperidine rings is 1. The molecule has 3 rings (SSSR count). The standard InChI is InChI=1S/C17H23N3O3/c1-23-14-6-7-15-12(10-14)4-3-9-20(15)16(21)13-5-2-8-19(11-13)17(18)22/h6-7,10,13H,2-5,8-9,11H2,1H3,(H2,18,22)/t13-/m1/s1. The van der Waals surface area contributed by atoms with Gasteiger partial charge in [0.15, 0.2) is 0 Å². The molecular formula is C17H23N3O3. The largest absolute Gasteiger partial charge is 0.497 e. The number of ether oxygens (including phenoxy) is 1. The van der Waals surface area contributed by atoms with Crippen LogP contribution in [-0.2, 0) is 11.2 Å². The summed E-state index contributed by atoms with van der Waals surface area (Å²) in [6.45, 7) is 1.80. The molecule has 6 nitrogen and oxygen atoms in total. The van der Waals surface area contributed by atoms with Gasteiger partial charge >= 0.3 is 6.03 Å². The minimum absolute atomic E-state index is 0.0991. The van der Waals surface area contributed by atoms with Crippen LogP contribution in [0.25, 0.3) is 0 Å². The zero-order valence-corrected chi connectivity index (χ0v) is 13.5. The summed E-state index contributed by atoms with van der Waals surface area (Å²) in [4.78, 5) is 27.8. The first-order valence-electron chi connectivity index (χ1n) is 8.13. The van der Waals surface area contributed by atoms with Crippen LogP contribution in [0.3, 0.4) is 0 Å². The second kappa shape index (κ2) is 6.48. The quantitative estimate of drug-likeness (QED) is 0.903. The number of aryl methyl sites for hydroxylation is 1. The highest BCUT2D eigenvalue weighted by Crippen LogP contribution is 2.32. The number of nitrogens with two attached hydrogens (primary N) is 1. The number of hydrogen-bond acceptors (Lipinski definition) is 3. The smallest absolute Gasteiger partial charge is 0.314 e. The Morgan fingerprint density at radius 2 is 2.09 bits per heavy atom. The van der Waals surface area contributed by atoms with Gasteiger partial charge in [-0.15, -0.1) is 0 Å². The number of hydrogen-bond donors (Lipinski definition) is 1. The molecule has 2 heterocycles. The van der Waals surface area contributed by atoms with Gasteiger partial charge in [-0.05, 0) is 49.4 Å². The molecule has 0 bridgehead atoms. The third-order valence-electron chi connectivity index (χ3n) is 4.75. The Hall–Kier alpha value is -2.24. The molecule has 2 N–H and O–H groups in total. The maximum absolute atomic E-state index is 13.0. The van der Waals surface area contributed by atoms with E-state index in [-0.39, 0.29) is 11.8 Å². The second-order valence-electron chi connectivity index (χ2n) is 6.21. The van der Waals surface area contributed by atoms with Gasteiger partial charge in [-0.2, -0.15) is 0 Å². The second-order valence-corrected chi connectivity index (χ2v) is 6.21. The molecule has 0 radical (unpaired) electrons. The van der Waals surface area contributed by atoms with E-state index in [1.54, 1.807) is 12.0 Å². The van der Waals surface area contributed by atoms with Crippen molar-refractivity contribution in [1.82, 2.24) is 4.90 Å². The normalized spacial score (nSPS) is 20.8. The van der Waals surface area contributed by atoms with Gasteiger partial charge in [-0.25, -0.2) is 4.79 Å². The molecule has 2 aliphatic heterocycles. The topological polar surface area (TPSA) is 75.9 Å². The van der Waals surface area contributed by atoms with Gasteiger partial charge in [0.05, 0.1) is 13.0 Å². The van der Waals surface area contributed by atoms with Crippen molar-refractivity contribution in [2.45, 2.75) is 25.7 Å². The molecule has 0 saturated carbocycles. The predicted molar refractivity (Wildman–Crippen MR) is 87.5 cm³/mol. The molecule has 1 aromatic rings. The lowest BCUT2D eigenvalue weighted by atomic mass is 9.94. The Kier molecular flexibility index (Phi) is 4.41. The summed E-state index contributed by atoms with van der Waals surface area (Å²) in [6, 6.07) is 5.41. The average molecular weight is 317 g/mol. The third kappa shape index (κ3) is 3.11. The Balaban J connectivity index is 1.80. The van der Waals surface area contributed by atoms with Crippen LogP contribution < -0.4 is 15.4 Å². The van der Waals surface area contributed by atoms with Crippen LogP contribution in [-0.4, -0.2) is 43.6 Å². The molecule has 3 amide bonds. The van der Waals surface area contributed by atoms with Crippen LogP contribution in [0.2, 0.25) is 0 Å². The van der Waals surface area contributed by atoms with Gasteiger partial charge in [-0.3, -0.25) is 4.79 Å². The van der Waals surface area contributed by atoms with E-state index < -0.39 is 6.03 Å². The van der Waals surface area contributed by atoms with E-state index in [2.05, 4.69) is 0 Å². The lowest BCUT2D eigenvalue weighted by Gasteiger charge is -2.36. The van der Waals surface area contributed by atoms with Gasteiger partial charge in [0, 0.05) is 25.3 Å². The fraction of sp³-hybridized carbons (Fsp3) is 0.529. The highest BCUT2D eigenvalue weighted by atomic mass is 16.5. The van der Waals surface area contributed by atoms with Crippen LogP contribution in [0.5, 0.6) is 5.75 Å². The summed E-state index contributed by atoms with van der Waals surface area (Å²) in [7, 11) is 1.65. The molecular weight excluding hydrogens is 294 g/mol. The summed E-state index contributed by atoms with van der Waals surface area (Å²) in [5, 5.41) is 0. The van der Waals surface area contributed by atoms with Crippen LogP contribution in [0.4, 0.5) is 10.5 Å². The summed E-state index contributed by atoms with van der Waals surface area (Å²) < 4.78 is 5.27. The molecule has 23 heavy (non-hydrogen) atoms. The zero-order valence-electron chi connectivity index (χ0n) is 13.5. The molecule has 0 aromatic heterocycles. The number of rotatable bonds is 2. The van der Waals surface area contributed by atoms with Crippen molar-refractivity contribution in [3.63, 3.8) is 0 Å². The fourth-order valence-electron chi connectivity index (χ4n) is 3.53. The molecule has 2 aliphatic rings. The number of amides is 3. The molecule has 1 fully saturated rings. The van der Waals surface area contributed by atoms with Crippen LogP contribution in [0.1, 0.15) is 24.8 Å². The summed E-state index contributed by atoms with van der Waals surface area (Å²) in [5.74, 6) is 0.752. The van der Waals surface area contributed by atoms with Gasteiger partial charge in [0.2, 0.25) is 5.91 Å². The van der Waals surface area contributed by atoms with Gasteiger partial charge in [-0.1, -0.05) is 0 Å². The minimum Gasteiger partial charge on any atom is -0.497 e. The van der Waals surface area contributed by atoms with Crippen LogP contribution in [0, 0.1) is 5.92 Å².